The number of halogens is 3. The van der Waals surface area contributed by atoms with Gasteiger partial charge in [-0.3, -0.25) is 0 Å². The third-order valence-electron chi connectivity index (χ3n) is 1.65. The van der Waals surface area contributed by atoms with Crippen molar-refractivity contribution in [2.24, 2.45) is 5.16 Å². The highest BCUT2D eigenvalue weighted by Gasteiger charge is 2.38. The molecule has 68 valence electrons. The van der Waals surface area contributed by atoms with Crippen molar-refractivity contribution in [1.82, 2.24) is 0 Å². The molecular weight excluding hydrogens is 171 g/mol. The zero-order valence-corrected chi connectivity index (χ0v) is 6.70. The van der Waals surface area contributed by atoms with Crippen LogP contribution in [-0.4, -0.2) is 11.9 Å². The summed E-state index contributed by atoms with van der Waals surface area (Å²) in [6.07, 6.45) is -4.54. The van der Waals surface area contributed by atoms with Crippen LogP contribution in [0.25, 0.3) is 0 Å². The average molecular weight is 179 g/mol. The third kappa shape index (κ3) is 1.78. The van der Waals surface area contributed by atoms with Gasteiger partial charge < -0.3 is 4.84 Å². The highest BCUT2D eigenvalue weighted by Crippen LogP contribution is 2.26. The Balaban J connectivity index is 2.77. The van der Waals surface area contributed by atoms with E-state index in [1.165, 1.54) is 0 Å². The number of hydrogen-bond acceptors (Lipinski definition) is 2. The van der Waals surface area contributed by atoms with Gasteiger partial charge in [-0.2, -0.15) is 13.2 Å². The Hall–Kier alpha value is -1.00. The minimum atomic E-state index is -4.37. The molecule has 0 saturated heterocycles. The molecule has 0 unspecified atom stereocenters. The molecule has 1 aliphatic rings. The van der Waals surface area contributed by atoms with Crippen LogP contribution in [0.2, 0.25) is 0 Å². The highest BCUT2D eigenvalue weighted by atomic mass is 19.4. The summed E-state index contributed by atoms with van der Waals surface area (Å²) < 4.78 is 36.0. The first kappa shape index (κ1) is 9.09. The first-order valence-corrected chi connectivity index (χ1v) is 3.38. The Morgan fingerprint density at radius 1 is 1.33 bits per heavy atom. The molecule has 0 aromatic rings. The lowest BCUT2D eigenvalue weighted by Crippen LogP contribution is -2.25. The summed E-state index contributed by atoms with van der Waals surface area (Å²) in [5.41, 5.74) is -0.303. The van der Waals surface area contributed by atoms with Gasteiger partial charge in [-0.25, -0.2) is 0 Å². The van der Waals surface area contributed by atoms with Crippen molar-refractivity contribution in [3.05, 3.63) is 11.3 Å². The Labute approximate surface area is 67.7 Å². The topological polar surface area (TPSA) is 21.6 Å². The normalized spacial score (nSPS) is 18.9. The second-order valence-electron chi connectivity index (χ2n) is 2.64. The van der Waals surface area contributed by atoms with E-state index in [1.54, 1.807) is 13.8 Å². The Morgan fingerprint density at radius 2 is 1.92 bits per heavy atom. The van der Waals surface area contributed by atoms with E-state index in [9.17, 15) is 13.2 Å². The monoisotopic (exact) mass is 179 g/mol. The average Bonchev–Trinajstić information content (AvgIpc) is 1.92. The molecule has 2 nitrogen and oxygen atoms in total. The lowest BCUT2D eigenvalue weighted by Gasteiger charge is -2.16. The van der Waals surface area contributed by atoms with Crippen molar-refractivity contribution in [2.45, 2.75) is 26.4 Å². The fourth-order valence-corrected chi connectivity index (χ4v) is 0.761. The molecule has 0 spiro atoms. The third-order valence-corrected chi connectivity index (χ3v) is 1.65. The first-order valence-electron chi connectivity index (χ1n) is 3.38. The smallest absolute Gasteiger partial charge is 0.362 e. The summed E-state index contributed by atoms with van der Waals surface area (Å²) in [6, 6.07) is 0. The summed E-state index contributed by atoms with van der Waals surface area (Å²) >= 11 is 0. The number of nitrogens with zero attached hydrogens (tertiary/aromatic N) is 1. The van der Waals surface area contributed by atoms with E-state index in [4.69, 9.17) is 0 Å². The second kappa shape index (κ2) is 2.80. The van der Waals surface area contributed by atoms with E-state index in [0.29, 0.717) is 11.3 Å². The first-order chi connectivity index (χ1) is 5.41. The Kier molecular flexibility index (Phi) is 2.12. The molecule has 5 heteroatoms. The van der Waals surface area contributed by atoms with Crippen molar-refractivity contribution < 1.29 is 18.0 Å². The molecule has 0 atom stereocenters. The molecule has 12 heavy (non-hydrogen) atoms. The van der Waals surface area contributed by atoms with Crippen LogP contribution in [0.3, 0.4) is 0 Å². The van der Waals surface area contributed by atoms with Crippen molar-refractivity contribution in [2.75, 3.05) is 0 Å². The lowest BCUT2D eigenvalue weighted by atomic mass is 10.1. The Bertz CT molecular complexity index is 252. The minimum Gasteiger partial charge on any atom is -0.362 e. The van der Waals surface area contributed by atoms with Crippen molar-refractivity contribution >= 4 is 5.71 Å². The van der Waals surface area contributed by atoms with E-state index < -0.39 is 11.9 Å². The summed E-state index contributed by atoms with van der Waals surface area (Å²) in [7, 11) is 0. The zero-order valence-electron chi connectivity index (χ0n) is 6.70. The van der Waals surface area contributed by atoms with Gasteiger partial charge in [0.2, 0.25) is 0 Å². The molecule has 0 radical (unpaired) electrons. The molecule has 0 aromatic carbocycles. The minimum absolute atomic E-state index is 0.171. The van der Waals surface area contributed by atoms with Crippen molar-refractivity contribution in [1.29, 1.82) is 0 Å². The van der Waals surface area contributed by atoms with Crippen LogP contribution in [0, 0.1) is 0 Å². The molecule has 1 rings (SSSR count). The number of rotatable bonds is 0. The molecule has 0 fully saturated rings. The zero-order chi connectivity index (χ0) is 9.35. The van der Waals surface area contributed by atoms with E-state index in [2.05, 4.69) is 9.99 Å². The molecule has 0 amide bonds. The van der Waals surface area contributed by atoms with Crippen LogP contribution in [0.4, 0.5) is 13.2 Å². The van der Waals surface area contributed by atoms with Crippen molar-refractivity contribution in [3.63, 3.8) is 0 Å². The lowest BCUT2D eigenvalue weighted by molar-refractivity contribution is -0.0635. The van der Waals surface area contributed by atoms with Gasteiger partial charge in [-0.05, 0) is 19.4 Å². The van der Waals surface area contributed by atoms with Gasteiger partial charge in [-0.15, -0.1) is 0 Å². The summed E-state index contributed by atoms with van der Waals surface area (Å²) in [4.78, 5) is 4.48. The van der Waals surface area contributed by atoms with Gasteiger partial charge in [0.15, 0.2) is 5.71 Å². The summed E-state index contributed by atoms with van der Waals surface area (Å²) in [6.45, 7) is 3.18. The molecule has 0 aromatic heterocycles. The summed E-state index contributed by atoms with van der Waals surface area (Å²) in [5.74, 6) is 0.447. The maximum absolute atomic E-state index is 12.0. The van der Waals surface area contributed by atoms with Crippen molar-refractivity contribution in [3.8, 4) is 0 Å². The van der Waals surface area contributed by atoms with Gasteiger partial charge in [0.1, 0.15) is 5.76 Å². The fourth-order valence-electron chi connectivity index (χ4n) is 0.761. The second-order valence-corrected chi connectivity index (χ2v) is 2.64. The maximum atomic E-state index is 12.0. The number of alkyl halides is 3. The predicted molar refractivity (Wildman–Crippen MR) is 37.6 cm³/mol. The van der Waals surface area contributed by atoms with E-state index in [-0.39, 0.29) is 6.42 Å². The van der Waals surface area contributed by atoms with Gasteiger partial charge >= 0.3 is 6.18 Å². The van der Waals surface area contributed by atoms with E-state index >= 15 is 0 Å². The summed E-state index contributed by atoms with van der Waals surface area (Å²) in [5, 5.41) is 2.97. The molecule has 1 heterocycles. The number of hydrogen-bond donors (Lipinski definition) is 0. The van der Waals surface area contributed by atoms with Crippen LogP contribution in [0.5, 0.6) is 0 Å². The standard InChI is InChI=1S/C7H8F3NO/c1-4-3-6(7(8,9)10)11-12-5(4)2/h3H2,1-2H3. The van der Waals surface area contributed by atoms with Gasteiger partial charge in [0.25, 0.3) is 0 Å². The number of oxime groups is 1. The molecule has 0 aliphatic carbocycles. The van der Waals surface area contributed by atoms with Crippen LogP contribution >= 0.6 is 0 Å². The highest BCUT2D eigenvalue weighted by molar-refractivity contribution is 5.91. The molecule has 1 aliphatic heterocycles. The van der Waals surface area contributed by atoms with Gasteiger partial charge in [0.05, 0.1) is 0 Å². The van der Waals surface area contributed by atoms with Crippen LogP contribution < -0.4 is 0 Å². The van der Waals surface area contributed by atoms with E-state index in [0.717, 1.165) is 0 Å². The maximum Gasteiger partial charge on any atom is 0.433 e. The number of allylic oxidation sites excluding steroid dienone is 2. The van der Waals surface area contributed by atoms with Crippen LogP contribution in [0.1, 0.15) is 20.3 Å². The van der Waals surface area contributed by atoms with E-state index in [1.807, 2.05) is 0 Å². The molecular formula is C7H8F3NO. The van der Waals surface area contributed by atoms with Gasteiger partial charge in [0, 0.05) is 6.42 Å². The Morgan fingerprint density at radius 3 is 2.33 bits per heavy atom. The predicted octanol–water partition coefficient (Wildman–Crippen LogP) is 2.62. The quantitative estimate of drug-likeness (QED) is 0.560. The fraction of sp³-hybridized carbons (Fsp3) is 0.571. The molecule has 0 bridgehead atoms. The van der Waals surface area contributed by atoms with Crippen LogP contribution in [0.15, 0.2) is 16.5 Å². The van der Waals surface area contributed by atoms with Crippen LogP contribution in [-0.2, 0) is 4.84 Å². The SMILES string of the molecule is CC1=C(C)ON=C(C(F)(F)F)C1. The largest absolute Gasteiger partial charge is 0.433 e. The molecule has 0 saturated carbocycles. The van der Waals surface area contributed by atoms with Gasteiger partial charge in [-0.1, -0.05) is 5.16 Å². The molecule has 0 N–H and O–H groups in total.